The number of hydrogen-bond donors (Lipinski definition) is 0. The number of para-hydroxylation sites is 1. The average Bonchev–Trinajstić information content (AvgIpc) is 2.30. The monoisotopic (exact) mass is 216 g/mol. The molecule has 2 nitrogen and oxygen atoms in total. The Morgan fingerprint density at radius 3 is 2.75 bits per heavy atom. The van der Waals surface area contributed by atoms with Crippen LogP contribution < -0.4 is 9.47 Å². The predicted octanol–water partition coefficient (Wildman–Crippen LogP) is 3.27. The van der Waals surface area contributed by atoms with Gasteiger partial charge in [-0.2, -0.15) is 0 Å². The maximum absolute atomic E-state index is 5.92. The first-order chi connectivity index (χ1) is 7.76. The molecule has 2 rings (SSSR count). The van der Waals surface area contributed by atoms with Gasteiger partial charge in [0.1, 0.15) is 0 Å². The Hall–Kier alpha value is -1.70. The van der Waals surface area contributed by atoms with Gasteiger partial charge in [0, 0.05) is 0 Å². The lowest BCUT2D eigenvalue weighted by molar-refractivity contribution is 0.0762. The molecule has 0 amide bonds. The van der Waals surface area contributed by atoms with E-state index in [1.165, 1.54) is 0 Å². The fourth-order valence-electron chi connectivity index (χ4n) is 1.81. The minimum atomic E-state index is -0.120. The Bertz CT molecular complexity index is 421. The minimum absolute atomic E-state index is 0.0869. The van der Waals surface area contributed by atoms with Crippen molar-refractivity contribution < 1.29 is 9.47 Å². The lowest BCUT2D eigenvalue weighted by Gasteiger charge is -2.31. The van der Waals surface area contributed by atoms with Crippen molar-refractivity contribution in [2.45, 2.75) is 26.1 Å². The molecule has 1 aromatic carbocycles. The second-order valence-electron chi connectivity index (χ2n) is 3.83. The smallest absolute Gasteiger partial charge is 0.165 e. The number of aryl methyl sites for hydroxylation is 1. The molecule has 0 radical (unpaired) electrons. The van der Waals surface area contributed by atoms with Gasteiger partial charge in [-0.3, -0.25) is 0 Å². The summed E-state index contributed by atoms with van der Waals surface area (Å²) < 4.78 is 11.8. The Balaban J connectivity index is 2.37. The highest BCUT2D eigenvalue weighted by molar-refractivity contribution is 5.48. The van der Waals surface area contributed by atoms with Crippen LogP contribution in [0.2, 0.25) is 0 Å². The van der Waals surface area contributed by atoms with Gasteiger partial charge in [-0.1, -0.05) is 24.8 Å². The standard InChI is InChI=1S/C14H16O2/c1-4-7-12-11(5-2)15-13-9-6-8-10(3)14(13)16-12/h4-9,11-12H,2H2,1,3H3/b7-4-. The fraction of sp³-hybridized carbons (Fsp3) is 0.286. The highest BCUT2D eigenvalue weighted by atomic mass is 16.6. The van der Waals surface area contributed by atoms with Crippen molar-refractivity contribution in [2.75, 3.05) is 0 Å². The third kappa shape index (κ3) is 1.83. The Morgan fingerprint density at radius 2 is 2.06 bits per heavy atom. The van der Waals surface area contributed by atoms with E-state index in [1.807, 2.05) is 44.2 Å². The molecular formula is C14H16O2. The van der Waals surface area contributed by atoms with E-state index in [0.29, 0.717) is 0 Å². The summed E-state index contributed by atoms with van der Waals surface area (Å²) in [5.74, 6) is 1.63. The van der Waals surface area contributed by atoms with Crippen molar-refractivity contribution in [1.82, 2.24) is 0 Å². The van der Waals surface area contributed by atoms with E-state index >= 15 is 0 Å². The van der Waals surface area contributed by atoms with Crippen molar-refractivity contribution >= 4 is 0 Å². The summed E-state index contributed by atoms with van der Waals surface area (Å²) in [7, 11) is 0. The lowest BCUT2D eigenvalue weighted by Crippen LogP contribution is -2.37. The molecule has 2 unspecified atom stereocenters. The molecule has 0 saturated heterocycles. The summed E-state index contributed by atoms with van der Waals surface area (Å²) in [5, 5.41) is 0. The van der Waals surface area contributed by atoms with Gasteiger partial charge in [0.15, 0.2) is 23.7 Å². The van der Waals surface area contributed by atoms with E-state index in [1.54, 1.807) is 6.08 Å². The second kappa shape index (κ2) is 4.44. The van der Waals surface area contributed by atoms with Crippen LogP contribution in [0.15, 0.2) is 43.0 Å². The highest BCUT2D eigenvalue weighted by Crippen LogP contribution is 2.37. The van der Waals surface area contributed by atoms with Crippen molar-refractivity contribution in [3.05, 3.63) is 48.6 Å². The lowest BCUT2D eigenvalue weighted by atomic mass is 10.1. The van der Waals surface area contributed by atoms with Gasteiger partial charge in [-0.25, -0.2) is 0 Å². The zero-order valence-corrected chi connectivity index (χ0v) is 9.64. The van der Waals surface area contributed by atoms with Crippen LogP contribution in [-0.4, -0.2) is 12.2 Å². The predicted molar refractivity (Wildman–Crippen MR) is 65.0 cm³/mol. The van der Waals surface area contributed by atoms with Crippen LogP contribution in [0.3, 0.4) is 0 Å². The minimum Gasteiger partial charge on any atom is -0.478 e. The highest BCUT2D eigenvalue weighted by Gasteiger charge is 2.28. The summed E-state index contributed by atoms with van der Waals surface area (Å²) in [5.41, 5.74) is 1.09. The molecule has 1 aliphatic rings. The molecule has 0 aromatic heterocycles. The molecule has 16 heavy (non-hydrogen) atoms. The number of rotatable bonds is 2. The first-order valence-corrected chi connectivity index (χ1v) is 5.44. The molecule has 84 valence electrons. The maximum atomic E-state index is 5.92. The summed E-state index contributed by atoms with van der Waals surface area (Å²) in [4.78, 5) is 0. The molecule has 1 heterocycles. The van der Waals surface area contributed by atoms with Crippen LogP contribution >= 0.6 is 0 Å². The molecule has 0 aliphatic carbocycles. The van der Waals surface area contributed by atoms with E-state index in [9.17, 15) is 0 Å². The van der Waals surface area contributed by atoms with Crippen molar-refractivity contribution in [1.29, 1.82) is 0 Å². The van der Waals surface area contributed by atoms with Crippen LogP contribution in [0.1, 0.15) is 12.5 Å². The van der Waals surface area contributed by atoms with Gasteiger partial charge in [-0.05, 0) is 37.6 Å². The third-order valence-electron chi connectivity index (χ3n) is 2.63. The van der Waals surface area contributed by atoms with E-state index in [-0.39, 0.29) is 12.2 Å². The SMILES string of the molecule is C=CC1Oc2cccc(C)c2OC1/C=C\C. The van der Waals surface area contributed by atoms with Crippen molar-refractivity contribution in [2.24, 2.45) is 0 Å². The number of benzene rings is 1. The molecular weight excluding hydrogens is 200 g/mol. The number of fused-ring (bicyclic) bond motifs is 1. The van der Waals surface area contributed by atoms with Crippen LogP contribution in [0.5, 0.6) is 11.5 Å². The largest absolute Gasteiger partial charge is 0.478 e. The van der Waals surface area contributed by atoms with Crippen LogP contribution in [0, 0.1) is 6.92 Å². The number of allylic oxidation sites excluding steroid dienone is 1. The first kappa shape index (κ1) is 10.8. The van der Waals surface area contributed by atoms with Gasteiger partial charge < -0.3 is 9.47 Å². The molecule has 1 aromatic rings. The molecule has 0 N–H and O–H groups in total. The van der Waals surface area contributed by atoms with Gasteiger partial charge in [0.05, 0.1) is 0 Å². The van der Waals surface area contributed by atoms with E-state index in [0.717, 1.165) is 17.1 Å². The molecule has 0 saturated carbocycles. The van der Waals surface area contributed by atoms with E-state index in [4.69, 9.17) is 9.47 Å². The van der Waals surface area contributed by atoms with Gasteiger partial charge in [-0.15, -0.1) is 0 Å². The normalized spacial score (nSPS) is 23.4. The summed E-state index contributed by atoms with van der Waals surface area (Å²) in [6.45, 7) is 7.76. The third-order valence-corrected chi connectivity index (χ3v) is 2.63. The quantitative estimate of drug-likeness (QED) is 0.706. The van der Waals surface area contributed by atoms with Crippen LogP contribution in [0.25, 0.3) is 0 Å². The zero-order valence-electron chi connectivity index (χ0n) is 9.64. The fourth-order valence-corrected chi connectivity index (χ4v) is 1.81. The zero-order chi connectivity index (χ0) is 11.5. The molecule has 0 spiro atoms. The Morgan fingerprint density at radius 1 is 1.25 bits per heavy atom. The van der Waals surface area contributed by atoms with Gasteiger partial charge in [0.2, 0.25) is 0 Å². The molecule has 0 fully saturated rings. The molecule has 0 bridgehead atoms. The van der Waals surface area contributed by atoms with Crippen LogP contribution in [-0.2, 0) is 0 Å². The number of hydrogen-bond acceptors (Lipinski definition) is 2. The van der Waals surface area contributed by atoms with Crippen LogP contribution in [0.4, 0.5) is 0 Å². The number of ether oxygens (including phenoxy) is 2. The summed E-state index contributed by atoms with van der Waals surface area (Å²) in [6, 6.07) is 5.90. The summed E-state index contributed by atoms with van der Waals surface area (Å²) >= 11 is 0. The van der Waals surface area contributed by atoms with Gasteiger partial charge in [0.25, 0.3) is 0 Å². The Labute approximate surface area is 96.2 Å². The molecule has 2 atom stereocenters. The maximum Gasteiger partial charge on any atom is 0.165 e. The molecule has 2 heteroatoms. The van der Waals surface area contributed by atoms with Crippen molar-refractivity contribution in [3.63, 3.8) is 0 Å². The average molecular weight is 216 g/mol. The second-order valence-corrected chi connectivity index (χ2v) is 3.83. The topological polar surface area (TPSA) is 18.5 Å². The van der Waals surface area contributed by atoms with E-state index < -0.39 is 0 Å². The molecule has 1 aliphatic heterocycles. The van der Waals surface area contributed by atoms with Gasteiger partial charge >= 0.3 is 0 Å². The Kier molecular flexibility index (Phi) is 3.00. The van der Waals surface area contributed by atoms with Crippen molar-refractivity contribution in [3.8, 4) is 11.5 Å². The summed E-state index contributed by atoms with van der Waals surface area (Å²) in [6.07, 6.45) is 5.52. The van der Waals surface area contributed by atoms with E-state index in [2.05, 4.69) is 6.58 Å². The first-order valence-electron chi connectivity index (χ1n) is 5.44.